The van der Waals surface area contributed by atoms with Gasteiger partial charge in [-0.1, -0.05) is 6.07 Å². The number of carbonyl (C=O) groups excluding carboxylic acids is 3. The number of amides is 4. The molecule has 1 unspecified atom stereocenters. The number of urea groups is 1. The van der Waals surface area contributed by atoms with E-state index in [9.17, 15) is 28.9 Å². The molecule has 0 saturated carbocycles. The van der Waals surface area contributed by atoms with E-state index < -0.39 is 40.6 Å². The number of nitrogens with zero attached hydrogens (tertiary/aromatic N) is 3. The Balaban J connectivity index is 1.88. The maximum Gasteiger partial charge on any atom is 0.433 e. The van der Waals surface area contributed by atoms with Crippen LogP contribution in [0.1, 0.15) is 17.0 Å². The summed E-state index contributed by atoms with van der Waals surface area (Å²) in [5.74, 6) is -3.00. The quantitative estimate of drug-likeness (QED) is 0.440. The number of furan rings is 1. The SMILES string of the molecule is NCCNC(=O)C1N(C(=O)Nc2cccc(F)c2)CCCN1C(=O)c1ccc([N+](=O)[O-])o1. The normalized spacial score (nSPS) is 15.9. The first kappa shape index (κ1) is 22.7. The highest BCUT2D eigenvalue weighted by Gasteiger charge is 2.41. The Hall–Kier alpha value is -4.00. The molecule has 12 nitrogen and oxygen atoms in total. The van der Waals surface area contributed by atoms with Crippen LogP contribution in [0.2, 0.25) is 0 Å². The lowest BCUT2D eigenvalue weighted by atomic mass is 10.2. The number of nitrogens with one attached hydrogen (secondary N) is 2. The van der Waals surface area contributed by atoms with E-state index in [1.165, 1.54) is 18.2 Å². The standard InChI is InChI=1S/C19H21FN6O6/c20-12-3-1-4-13(11-12)23-19(29)25-10-2-9-24(17(25)16(27)22-8-7-21)18(28)14-5-6-15(32-14)26(30)31/h1,3-6,11,17H,2,7-10,21H2,(H,22,27)(H,23,29). The zero-order valence-corrected chi connectivity index (χ0v) is 16.8. The monoisotopic (exact) mass is 448 g/mol. The number of nitrogens with two attached hydrogens (primary N) is 1. The molecule has 1 aliphatic heterocycles. The molecule has 13 heteroatoms. The van der Waals surface area contributed by atoms with Crippen molar-refractivity contribution in [2.45, 2.75) is 12.6 Å². The van der Waals surface area contributed by atoms with Crippen LogP contribution in [0.15, 0.2) is 40.8 Å². The minimum Gasteiger partial charge on any atom is -0.395 e. The number of nitro groups is 1. The molecule has 0 aliphatic carbocycles. The van der Waals surface area contributed by atoms with E-state index in [1.54, 1.807) is 0 Å². The Morgan fingerprint density at radius 2 is 1.97 bits per heavy atom. The van der Waals surface area contributed by atoms with E-state index in [0.29, 0.717) is 6.42 Å². The smallest absolute Gasteiger partial charge is 0.395 e. The molecule has 1 fully saturated rings. The number of hydrogen-bond donors (Lipinski definition) is 3. The van der Waals surface area contributed by atoms with Crippen LogP contribution in [0.3, 0.4) is 0 Å². The third-order valence-corrected chi connectivity index (χ3v) is 4.65. The van der Waals surface area contributed by atoms with E-state index in [1.807, 2.05) is 0 Å². The highest BCUT2D eigenvalue weighted by molar-refractivity contribution is 5.99. The third kappa shape index (κ3) is 5.00. The molecule has 1 aromatic heterocycles. The molecule has 0 bridgehead atoms. The summed E-state index contributed by atoms with van der Waals surface area (Å²) in [6.45, 7) is 0.455. The van der Waals surface area contributed by atoms with E-state index >= 15 is 0 Å². The fraction of sp³-hybridized carbons (Fsp3) is 0.316. The van der Waals surface area contributed by atoms with Gasteiger partial charge in [0.25, 0.3) is 11.8 Å². The Morgan fingerprint density at radius 1 is 1.22 bits per heavy atom. The lowest BCUT2D eigenvalue weighted by Gasteiger charge is -2.42. The van der Waals surface area contributed by atoms with Gasteiger partial charge in [-0.2, -0.15) is 0 Å². The number of carbonyl (C=O) groups is 3. The van der Waals surface area contributed by atoms with E-state index in [0.717, 1.165) is 28.0 Å². The van der Waals surface area contributed by atoms with Crippen molar-refractivity contribution in [3.8, 4) is 0 Å². The topological polar surface area (TPSA) is 164 Å². The summed E-state index contributed by atoms with van der Waals surface area (Å²) >= 11 is 0. The Kier molecular flexibility index (Phi) is 7.00. The maximum absolute atomic E-state index is 13.5. The highest BCUT2D eigenvalue weighted by Crippen LogP contribution is 2.23. The summed E-state index contributed by atoms with van der Waals surface area (Å²) in [6.07, 6.45) is -1.05. The lowest BCUT2D eigenvalue weighted by Crippen LogP contribution is -2.64. The predicted molar refractivity (Wildman–Crippen MR) is 109 cm³/mol. The first-order valence-electron chi connectivity index (χ1n) is 9.68. The lowest BCUT2D eigenvalue weighted by molar-refractivity contribution is -0.402. The van der Waals surface area contributed by atoms with Crippen molar-refractivity contribution in [3.63, 3.8) is 0 Å². The van der Waals surface area contributed by atoms with Gasteiger partial charge in [-0.05, 0) is 30.7 Å². The molecule has 2 heterocycles. The van der Waals surface area contributed by atoms with Crippen molar-refractivity contribution in [2.75, 3.05) is 31.5 Å². The van der Waals surface area contributed by atoms with Crippen molar-refractivity contribution in [1.82, 2.24) is 15.1 Å². The number of benzene rings is 1. The molecule has 32 heavy (non-hydrogen) atoms. The molecule has 1 aromatic carbocycles. The minimum absolute atomic E-state index is 0.0950. The summed E-state index contributed by atoms with van der Waals surface area (Å²) in [6, 6.07) is 6.62. The van der Waals surface area contributed by atoms with Crippen molar-refractivity contribution in [1.29, 1.82) is 0 Å². The van der Waals surface area contributed by atoms with Gasteiger partial charge in [0.2, 0.25) is 0 Å². The number of halogens is 1. The van der Waals surface area contributed by atoms with Gasteiger partial charge in [0.05, 0.1) is 6.07 Å². The van der Waals surface area contributed by atoms with Crippen LogP contribution < -0.4 is 16.4 Å². The summed E-state index contributed by atoms with van der Waals surface area (Å²) in [7, 11) is 0. The average molecular weight is 448 g/mol. The van der Waals surface area contributed by atoms with Gasteiger partial charge in [-0.15, -0.1) is 0 Å². The molecule has 1 saturated heterocycles. The van der Waals surface area contributed by atoms with Crippen LogP contribution in [0.4, 0.5) is 20.8 Å². The molecule has 0 radical (unpaired) electrons. The van der Waals surface area contributed by atoms with Crippen molar-refractivity contribution in [3.05, 3.63) is 58.1 Å². The first-order valence-corrected chi connectivity index (χ1v) is 9.68. The van der Waals surface area contributed by atoms with Gasteiger partial charge in [-0.3, -0.25) is 24.6 Å². The second kappa shape index (κ2) is 9.87. The van der Waals surface area contributed by atoms with Gasteiger partial charge in [0, 0.05) is 31.9 Å². The zero-order valence-electron chi connectivity index (χ0n) is 16.8. The second-order valence-electron chi connectivity index (χ2n) is 6.83. The summed E-state index contributed by atoms with van der Waals surface area (Å²) in [4.78, 5) is 51.0. The Labute approximate surface area is 181 Å². The molecule has 2 aromatic rings. The van der Waals surface area contributed by atoms with Crippen LogP contribution in [-0.4, -0.2) is 64.9 Å². The molecular weight excluding hydrogens is 427 g/mol. The van der Waals surface area contributed by atoms with Crippen molar-refractivity contribution >= 4 is 29.4 Å². The Bertz CT molecular complexity index is 1030. The molecule has 4 N–H and O–H groups in total. The minimum atomic E-state index is -1.37. The van der Waals surface area contributed by atoms with Crippen LogP contribution in [0.25, 0.3) is 0 Å². The fourth-order valence-electron chi connectivity index (χ4n) is 3.26. The van der Waals surface area contributed by atoms with Crippen LogP contribution in [0, 0.1) is 15.9 Å². The molecular formula is C19H21FN6O6. The molecule has 1 atom stereocenters. The Morgan fingerprint density at radius 3 is 2.62 bits per heavy atom. The number of rotatable bonds is 6. The van der Waals surface area contributed by atoms with Gasteiger partial charge in [0.15, 0.2) is 11.9 Å². The third-order valence-electron chi connectivity index (χ3n) is 4.65. The number of anilines is 1. The summed E-state index contributed by atoms with van der Waals surface area (Å²) < 4.78 is 18.4. The van der Waals surface area contributed by atoms with Crippen LogP contribution in [0.5, 0.6) is 0 Å². The second-order valence-corrected chi connectivity index (χ2v) is 6.83. The summed E-state index contributed by atoms with van der Waals surface area (Å²) in [5, 5.41) is 15.9. The first-order chi connectivity index (χ1) is 15.3. The van der Waals surface area contributed by atoms with Gasteiger partial charge < -0.3 is 25.7 Å². The van der Waals surface area contributed by atoms with Crippen molar-refractivity contribution < 1.29 is 28.1 Å². The average Bonchev–Trinajstić information content (AvgIpc) is 3.27. The van der Waals surface area contributed by atoms with Gasteiger partial charge in [-0.25, -0.2) is 9.18 Å². The van der Waals surface area contributed by atoms with Crippen LogP contribution >= 0.6 is 0 Å². The fourth-order valence-corrected chi connectivity index (χ4v) is 3.26. The molecule has 0 spiro atoms. The largest absolute Gasteiger partial charge is 0.433 e. The molecule has 1 aliphatic rings. The summed E-state index contributed by atoms with van der Waals surface area (Å²) in [5.41, 5.74) is 5.60. The van der Waals surface area contributed by atoms with Crippen LogP contribution in [-0.2, 0) is 4.79 Å². The number of hydrogen-bond acceptors (Lipinski definition) is 7. The highest BCUT2D eigenvalue weighted by atomic mass is 19.1. The van der Waals surface area contributed by atoms with E-state index in [-0.39, 0.29) is 37.6 Å². The van der Waals surface area contributed by atoms with Crippen molar-refractivity contribution in [2.24, 2.45) is 5.73 Å². The maximum atomic E-state index is 13.5. The zero-order chi connectivity index (χ0) is 23.3. The molecule has 3 rings (SSSR count). The molecule has 170 valence electrons. The molecule has 4 amide bonds. The van der Waals surface area contributed by atoms with E-state index in [4.69, 9.17) is 10.2 Å². The van der Waals surface area contributed by atoms with Gasteiger partial charge >= 0.3 is 11.9 Å². The van der Waals surface area contributed by atoms with E-state index in [2.05, 4.69) is 10.6 Å². The predicted octanol–water partition coefficient (Wildman–Crippen LogP) is 1.11. The van der Waals surface area contributed by atoms with Gasteiger partial charge in [0.1, 0.15) is 10.7 Å².